The van der Waals surface area contributed by atoms with Crippen LogP contribution in [0.25, 0.3) is 11.6 Å². The maximum absolute atomic E-state index is 12.9. The number of hydrogen-bond acceptors (Lipinski definition) is 6. The van der Waals surface area contributed by atoms with E-state index in [0.717, 1.165) is 32.0 Å². The number of alkyl halides is 3. The Balaban J connectivity index is 1.40. The Bertz CT molecular complexity index is 876. The molecule has 3 heterocycles. The predicted octanol–water partition coefficient (Wildman–Crippen LogP) is 2.69. The van der Waals surface area contributed by atoms with Gasteiger partial charge in [0.25, 0.3) is 5.89 Å². The molecule has 28 heavy (non-hydrogen) atoms. The van der Waals surface area contributed by atoms with Crippen LogP contribution < -0.4 is 5.32 Å². The van der Waals surface area contributed by atoms with E-state index < -0.39 is 17.9 Å². The average molecular weight is 398 g/mol. The largest absolute Gasteiger partial charge is 0.433 e. The molecule has 1 aliphatic carbocycles. The fourth-order valence-electron chi connectivity index (χ4n) is 3.62. The number of hydrogen-bond donors (Lipinski definition) is 1. The number of piperidine rings is 1. The Morgan fingerprint density at radius 1 is 1.25 bits per heavy atom. The van der Waals surface area contributed by atoms with Gasteiger partial charge in [0.1, 0.15) is 17.4 Å². The number of rotatable bonds is 4. The van der Waals surface area contributed by atoms with Crippen LogP contribution in [0.15, 0.2) is 10.5 Å². The lowest BCUT2D eigenvalue weighted by Gasteiger charge is -2.33. The monoisotopic (exact) mass is 398 g/mol. The molecule has 8 nitrogen and oxygen atoms in total. The Labute approximate surface area is 159 Å². The van der Waals surface area contributed by atoms with Crippen LogP contribution in [0.2, 0.25) is 0 Å². The minimum Gasteiger partial charge on any atom is -0.402 e. The molecule has 1 saturated carbocycles. The normalized spacial score (nSPS) is 19.7. The first-order valence-electron chi connectivity index (χ1n) is 9.17. The Hall–Kier alpha value is -2.59. The molecule has 0 bridgehead atoms. The molecule has 2 aromatic heterocycles. The standard InChI is InChI=1S/C17H21F3N6O2/c1-10(14(27)26-7-5-16(3-4-16)6-8-26)21-15-23-22-13(28-15)11-9-12(17(18,19)20)25(2)24-11/h9-10H,3-8H2,1-2H3,(H,21,23)/t10-/m0/s1. The highest BCUT2D eigenvalue weighted by Gasteiger charge is 2.45. The summed E-state index contributed by atoms with van der Waals surface area (Å²) in [5.74, 6) is -0.214. The number of halogens is 3. The van der Waals surface area contributed by atoms with Crippen molar-refractivity contribution in [1.29, 1.82) is 0 Å². The molecule has 2 fully saturated rings. The molecule has 1 atom stereocenters. The second-order valence-corrected chi connectivity index (χ2v) is 7.64. The number of aryl methyl sites for hydroxylation is 1. The van der Waals surface area contributed by atoms with Gasteiger partial charge >= 0.3 is 12.2 Å². The van der Waals surface area contributed by atoms with Crippen molar-refractivity contribution in [3.8, 4) is 11.6 Å². The van der Waals surface area contributed by atoms with E-state index in [-0.39, 0.29) is 23.5 Å². The van der Waals surface area contributed by atoms with Crippen LogP contribution in [0.5, 0.6) is 0 Å². The van der Waals surface area contributed by atoms with Gasteiger partial charge in [-0.25, -0.2) is 0 Å². The first-order chi connectivity index (χ1) is 13.2. The van der Waals surface area contributed by atoms with E-state index in [4.69, 9.17) is 4.42 Å². The average Bonchev–Trinajstić information content (AvgIpc) is 3.04. The van der Waals surface area contributed by atoms with Crippen LogP contribution in [-0.4, -0.2) is 49.9 Å². The lowest BCUT2D eigenvalue weighted by atomic mass is 9.93. The second-order valence-electron chi connectivity index (χ2n) is 7.64. The van der Waals surface area contributed by atoms with Crippen LogP contribution in [-0.2, 0) is 18.0 Å². The lowest BCUT2D eigenvalue weighted by Crippen LogP contribution is -2.45. The summed E-state index contributed by atoms with van der Waals surface area (Å²) in [5.41, 5.74) is -0.523. The molecular formula is C17H21F3N6O2. The van der Waals surface area contributed by atoms with Crippen LogP contribution in [0.3, 0.4) is 0 Å². The summed E-state index contributed by atoms with van der Waals surface area (Å²) in [7, 11) is 1.19. The SMILES string of the molecule is C[C@H](Nc1nnc(-c2cc(C(F)(F)F)n(C)n2)o1)C(=O)N1CCC2(CC1)CC2. The highest BCUT2D eigenvalue weighted by Crippen LogP contribution is 2.53. The molecule has 1 aliphatic heterocycles. The van der Waals surface area contributed by atoms with E-state index in [9.17, 15) is 18.0 Å². The Morgan fingerprint density at radius 2 is 1.93 bits per heavy atom. The molecule has 1 N–H and O–H groups in total. The number of carbonyl (C=O) groups is 1. The van der Waals surface area contributed by atoms with Gasteiger partial charge in [-0.15, -0.1) is 5.10 Å². The van der Waals surface area contributed by atoms with E-state index in [0.29, 0.717) is 10.1 Å². The molecule has 0 radical (unpaired) electrons. The molecule has 2 aromatic rings. The third-order valence-electron chi connectivity index (χ3n) is 5.62. The molecule has 1 amide bonds. The zero-order valence-electron chi connectivity index (χ0n) is 15.6. The van der Waals surface area contributed by atoms with E-state index >= 15 is 0 Å². The molecule has 11 heteroatoms. The lowest BCUT2D eigenvalue weighted by molar-refractivity contribution is -0.143. The number of aromatic nitrogens is 4. The minimum absolute atomic E-state index is 0.0364. The highest BCUT2D eigenvalue weighted by atomic mass is 19.4. The summed E-state index contributed by atoms with van der Waals surface area (Å²) in [6, 6.07) is 0.217. The number of likely N-dealkylation sites (tertiary alicyclic amines) is 1. The molecule has 152 valence electrons. The fourth-order valence-corrected chi connectivity index (χ4v) is 3.62. The molecule has 0 aromatic carbocycles. The highest BCUT2D eigenvalue weighted by molar-refractivity contribution is 5.83. The van der Waals surface area contributed by atoms with Crippen molar-refractivity contribution in [2.45, 2.75) is 44.8 Å². The molecule has 4 rings (SSSR count). The number of carbonyl (C=O) groups excluding carboxylic acids is 1. The molecule has 1 saturated heterocycles. The first kappa shape index (κ1) is 18.8. The van der Waals surface area contributed by atoms with Crippen molar-refractivity contribution in [2.75, 3.05) is 18.4 Å². The van der Waals surface area contributed by atoms with Gasteiger partial charge in [-0.05, 0) is 38.0 Å². The number of anilines is 1. The van der Waals surface area contributed by atoms with Gasteiger partial charge in [0, 0.05) is 26.2 Å². The molecule has 2 aliphatic rings. The van der Waals surface area contributed by atoms with Gasteiger partial charge in [0.15, 0.2) is 0 Å². The Kier molecular flexibility index (Phi) is 4.35. The molecule has 0 unspecified atom stereocenters. The van der Waals surface area contributed by atoms with Crippen molar-refractivity contribution in [2.24, 2.45) is 12.5 Å². The first-order valence-corrected chi connectivity index (χ1v) is 9.17. The summed E-state index contributed by atoms with van der Waals surface area (Å²) in [6.07, 6.45) is 0.0681. The van der Waals surface area contributed by atoms with Crippen LogP contribution in [0.4, 0.5) is 19.2 Å². The number of nitrogens with zero attached hydrogens (tertiary/aromatic N) is 5. The van der Waals surface area contributed by atoms with Crippen molar-refractivity contribution >= 4 is 11.9 Å². The summed E-state index contributed by atoms with van der Waals surface area (Å²) in [6.45, 7) is 3.18. The Morgan fingerprint density at radius 3 is 2.50 bits per heavy atom. The maximum atomic E-state index is 12.9. The summed E-state index contributed by atoms with van der Waals surface area (Å²) < 4.78 is 44.7. The van der Waals surface area contributed by atoms with Gasteiger partial charge < -0.3 is 14.6 Å². The third-order valence-corrected chi connectivity index (χ3v) is 5.62. The van der Waals surface area contributed by atoms with Crippen molar-refractivity contribution in [1.82, 2.24) is 24.9 Å². The predicted molar refractivity (Wildman–Crippen MR) is 92.1 cm³/mol. The molecular weight excluding hydrogens is 377 g/mol. The van der Waals surface area contributed by atoms with Crippen molar-refractivity contribution < 1.29 is 22.4 Å². The number of nitrogens with one attached hydrogen (secondary N) is 1. The fraction of sp³-hybridized carbons (Fsp3) is 0.647. The smallest absolute Gasteiger partial charge is 0.402 e. The van der Waals surface area contributed by atoms with Gasteiger partial charge in [-0.2, -0.15) is 18.3 Å². The quantitative estimate of drug-likeness (QED) is 0.852. The number of amides is 1. The van der Waals surface area contributed by atoms with Crippen molar-refractivity contribution in [3.05, 3.63) is 11.8 Å². The van der Waals surface area contributed by atoms with Crippen LogP contribution in [0.1, 0.15) is 38.3 Å². The van der Waals surface area contributed by atoms with E-state index in [1.54, 1.807) is 6.92 Å². The van der Waals surface area contributed by atoms with Crippen LogP contribution >= 0.6 is 0 Å². The van der Waals surface area contributed by atoms with Gasteiger partial charge in [-0.1, -0.05) is 5.10 Å². The summed E-state index contributed by atoms with van der Waals surface area (Å²) in [4.78, 5) is 14.4. The van der Waals surface area contributed by atoms with Crippen molar-refractivity contribution in [3.63, 3.8) is 0 Å². The topological polar surface area (TPSA) is 89.1 Å². The minimum atomic E-state index is -4.53. The van der Waals surface area contributed by atoms with Crippen LogP contribution in [0, 0.1) is 5.41 Å². The molecule has 1 spiro atoms. The van der Waals surface area contributed by atoms with Gasteiger partial charge in [-0.3, -0.25) is 9.48 Å². The zero-order chi connectivity index (χ0) is 20.1. The summed E-state index contributed by atoms with van der Waals surface area (Å²) >= 11 is 0. The second kappa shape index (κ2) is 6.49. The van der Waals surface area contributed by atoms with E-state index in [1.807, 2.05) is 4.90 Å². The van der Waals surface area contributed by atoms with Gasteiger partial charge in [0.05, 0.1) is 0 Å². The van der Waals surface area contributed by atoms with E-state index in [1.165, 1.54) is 19.9 Å². The van der Waals surface area contributed by atoms with E-state index in [2.05, 4.69) is 20.6 Å². The summed E-state index contributed by atoms with van der Waals surface area (Å²) in [5, 5.41) is 14.1. The maximum Gasteiger partial charge on any atom is 0.433 e. The zero-order valence-corrected chi connectivity index (χ0v) is 15.6. The third kappa shape index (κ3) is 3.57. The van der Waals surface area contributed by atoms with Gasteiger partial charge in [0.2, 0.25) is 5.91 Å².